The van der Waals surface area contributed by atoms with Crippen molar-refractivity contribution in [3.05, 3.63) is 47.3 Å². The van der Waals surface area contributed by atoms with Gasteiger partial charge >= 0.3 is 0 Å². The number of aliphatic hydroxyl groups excluding tert-OH is 3. The molecule has 0 aliphatic carbocycles. The van der Waals surface area contributed by atoms with Gasteiger partial charge in [0.15, 0.2) is 23.2 Å². The smallest absolute Gasteiger partial charge is 0.167 e. The van der Waals surface area contributed by atoms with E-state index in [2.05, 4.69) is 20.3 Å². The second kappa shape index (κ2) is 7.57. The Kier molecular flexibility index (Phi) is 5.13. The van der Waals surface area contributed by atoms with E-state index >= 15 is 0 Å². The van der Waals surface area contributed by atoms with Crippen molar-refractivity contribution >= 4 is 28.6 Å². The van der Waals surface area contributed by atoms with E-state index in [-0.39, 0.29) is 6.54 Å². The Morgan fingerprint density at radius 1 is 1.21 bits per heavy atom. The number of nitrogens with one attached hydrogen (secondary N) is 1. The van der Waals surface area contributed by atoms with Crippen molar-refractivity contribution in [2.24, 2.45) is 0 Å². The molecule has 4 atom stereocenters. The average molecular weight is 410 g/mol. The number of aliphatic hydroxyl groups is 3. The van der Waals surface area contributed by atoms with Crippen LogP contribution in [0.4, 0.5) is 10.2 Å². The summed E-state index contributed by atoms with van der Waals surface area (Å²) in [6, 6.07) is 4.26. The van der Waals surface area contributed by atoms with Crippen molar-refractivity contribution in [1.82, 2.24) is 19.5 Å². The highest BCUT2D eigenvalue weighted by atomic mass is 35.5. The van der Waals surface area contributed by atoms with Crippen molar-refractivity contribution in [2.45, 2.75) is 31.1 Å². The number of aromatic nitrogens is 4. The lowest BCUT2D eigenvalue weighted by atomic mass is 10.1. The molecule has 1 aliphatic heterocycles. The maximum Gasteiger partial charge on any atom is 0.167 e. The maximum atomic E-state index is 13.9. The lowest BCUT2D eigenvalue weighted by molar-refractivity contribution is -0.0511. The van der Waals surface area contributed by atoms with E-state index in [1.807, 2.05) is 0 Å². The molecule has 1 aromatic carbocycles. The molecule has 4 N–H and O–H groups in total. The molecule has 148 valence electrons. The highest BCUT2D eigenvalue weighted by Gasteiger charge is 2.44. The van der Waals surface area contributed by atoms with Crippen molar-refractivity contribution in [3.8, 4) is 0 Å². The van der Waals surface area contributed by atoms with Crippen molar-refractivity contribution in [1.29, 1.82) is 0 Å². The van der Waals surface area contributed by atoms with Gasteiger partial charge in [0, 0.05) is 17.1 Å². The molecule has 1 aliphatic rings. The summed E-state index contributed by atoms with van der Waals surface area (Å²) in [5.74, 6) is -0.0471. The molecule has 28 heavy (non-hydrogen) atoms. The zero-order chi connectivity index (χ0) is 19.8. The van der Waals surface area contributed by atoms with Gasteiger partial charge in [-0.15, -0.1) is 0 Å². The number of ether oxygens (including phenoxy) is 1. The van der Waals surface area contributed by atoms with E-state index < -0.39 is 37.0 Å². The number of rotatable bonds is 5. The van der Waals surface area contributed by atoms with Crippen molar-refractivity contribution in [3.63, 3.8) is 0 Å². The van der Waals surface area contributed by atoms with Gasteiger partial charge in [-0.05, 0) is 18.2 Å². The third kappa shape index (κ3) is 3.29. The molecule has 9 nitrogen and oxygen atoms in total. The number of imidazole rings is 1. The van der Waals surface area contributed by atoms with Crippen LogP contribution in [0.2, 0.25) is 5.02 Å². The van der Waals surface area contributed by atoms with Crippen LogP contribution in [0.15, 0.2) is 30.9 Å². The molecule has 1 fully saturated rings. The summed E-state index contributed by atoms with van der Waals surface area (Å²) in [6.45, 7) is -0.312. The number of hydrogen-bond acceptors (Lipinski definition) is 8. The van der Waals surface area contributed by atoms with Gasteiger partial charge in [-0.25, -0.2) is 19.3 Å². The molecule has 4 rings (SSSR count). The number of halogens is 2. The van der Waals surface area contributed by atoms with E-state index in [4.69, 9.17) is 16.3 Å². The maximum absolute atomic E-state index is 13.9. The Balaban J connectivity index is 1.61. The van der Waals surface area contributed by atoms with Gasteiger partial charge in [0.1, 0.15) is 30.5 Å². The fourth-order valence-corrected chi connectivity index (χ4v) is 3.33. The minimum Gasteiger partial charge on any atom is -0.394 e. The van der Waals surface area contributed by atoms with Crippen LogP contribution in [-0.2, 0) is 11.3 Å². The molecule has 2 aromatic heterocycles. The third-order valence-electron chi connectivity index (χ3n) is 4.60. The van der Waals surface area contributed by atoms with Crippen LogP contribution in [0.1, 0.15) is 11.8 Å². The van der Waals surface area contributed by atoms with Crippen LogP contribution >= 0.6 is 11.6 Å². The topological polar surface area (TPSA) is 126 Å². The quantitative estimate of drug-likeness (QED) is 0.488. The van der Waals surface area contributed by atoms with Gasteiger partial charge in [-0.2, -0.15) is 0 Å². The van der Waals surface area contributed by atoms with Gasteiger partial charge in [-0.3, -0.25) is 4.57 Å². The second-order valence-electron chi connectivity index (χ2n) is 6.36. The molecular formula is C17H17ClFN5O4. The normalized spacial score (nSPS) is 24.8. The number of hydrogen-bond donors (Lipinski definition) is 4. The van der Waals surface area contributed by atoms with Crippen molar-refractivity contribution < 1.29 is 24.4 Å². The molecule has 0 amide bonds. The Morgan fingerprint density at radius 3 is 2.79 bits per heavy atom. The summed E-state index contributed by atoms with van der Waals surface area (Å²) < 4.78 is 20.9. The first-order valence-corrected chi connectivity index (χ1v) is 8.85. The highest BCUT2D eigenvalue weighted by Crippen LogP contribution is 2.32. The summed E-state index contributed by atoms with van der Waals surface area (Å²) in [7, 11) is 0. The van der Waals surface area contributed by atoms with Crippen LogP contribution in [0.25, 0.3) is 11.2 Å². The standard InChI is InChI=1S/C17H17ClFN5O4/c18-9-1-2-10(19)8(3-9)4-20-15-12-16(22-6-21-15)24(7-23-12)17-14(27)13(26)11(5-25)28-17/h1-3,6-7,11,13-14,17,25-27H,4-5H2,(H,20,21,22)/t11-,13-,14-,17-/m1/s1. The minimum absolute atomic E-state index is 0.124. The molecule has 3 heterocycles. The Labute approximate surface area is 163 Å². The first kappa shape index (κ1) is 19.0. The zero-order valence-electron chi connectivity index (χ0n) is 14.4. The lowest BCUT2D eigenvalue weighted by Crippen LogP contribution is -2.33. The molecule has 0 spiro atoms. The molecule has 0 bridgehead atoms. The predicted molar refractivity (Wildman–Crippen MR) is 97.1 cm³/mol. The van der Waals surface area contributed by atoms with E-state index in [0.717, 1.165) is 0 Å². The first-order valence-electron chi connectivity index (χ1n) is 8.47. The molecule has 0 unspecified atom stereocenters. The number of benzene rings is 1. The molecule has 11 heteroatoms. The van der Waals surface area contributed by atoms with Gasteiger partial charge in [-0.1, -0.05) is 11.6 Å². The van der Waals surface area contributed by atoms with Gasteiger partial charge in [0.2, 0.25) is 0 Å². The molecule has 1 saturated heterocycles. The zero-order valence-corrected chi connectivity index (χ0v) is 15.2. The average Bonchev–Trinajstić information content (AvgIpc) is 3.24. The van der Waals surface area contributed by atoms with E-state index in [1.165, 1.54) is 35.4 Å². The molecular weight excluding hydrogens is 393 g/mol. The van der Waals surface area contributed by atoms with Crippen molar-refractivity contribution in [2.75, 3.05) is 11.9 Å². The SMILES string of the molecule is OC[C@H]1O[C@@H](n2cnc3c(NCc4cc(Cl)ccc4F)ncnc32)[C@H](O)[C@@H]1O. The van der Waals surface area contributed by atoms with E-state index in [1.54, 1.807) is 0 Å². The van der Waals surface area contributed by atoms with E-state index in [0.29, 0.717) is 27.6 Å². The molecule has 0 saturated carbocycles. The number of nitrogens with zero attached hydrogens (tertiary/aromatic N) is 4. The van der Waals surface area contributed by atoms with Gasteiger partial charge in [0.25, 0.3) is 0 Å². The molecule has 3 aromatic rings. The first-order chi connectivity index (χ1) is 13.5. The lowest BCUT2D eigenvalue weighted by Gasteiger charge is -2.16. The van der Waals surface area contributed by atoms with Crippen LogP contribution < -0.4 is 5.32 Å². The summed E-state index contributed by atoms with van der Waals surface area (Å²) in [5, 5.41) is 32.8. The minimum atomic E-state index is -1.26. The van der Waals surface area contributed by atoms with Crippen LogP contribution in [-0.4, -0.2) is 59.8 Å². The summed E-state index contributed by atoms with van der Waals surface area (Å²) in [4.78, 5) is 12.5. The fraction of sp³-hybridized carbons (Fsp3) is 0.353. The Morgan fingerprint density at radius 2 is 2.04 bits per heavy atom. The highest BCUT2D eigenvalue weighted by molar-refractivity contribution is 6.30. The Hall–Kier alpha value is -2.37. The van der Waals surface area contributed by atoms with Gasteiger partial charge < -0.3 is 25.4 Å². The summed E-state index contributed by atoms with van der Waals surface area (Å²) in [6.07, 6.45) is -1.70. The molecule has 0 radical (unpaired) electrons. The van der Waals surface area contributed by atoms with Crippen LogP contribution in [0.5, 0.6) is 0 Å². The van der Waals surface area contributed by atoms with E-state index in [9.17, 15) is 19.7 Å². The fourth-order valence-electron chi connectivity index (χ4n) is 3.14. The third-order valence-corrected chi connectivity index (χ3v) is 4.84. The summed E-state index contributed by atoms with van der Waals surface area (Å²) >= 11 is 5.91. The Bertz CT molecular complexity index is 1000. The summed E-state index contributed by atoms with van der Waals surface area (Å²) in [5.41, 5.74) is 1.09. The predicted octanol–water partition coefficient (Wildman–Crippen LogP) is 0.842. The van der Waals surface area contributed by atoms with Crippen LogP contribution in [0.3, 0.4) is 0 Å². The second-order valence-corrected chi connectivity index (χ2v) is 6.80. The number of anilines is 1. The van der Waals surface area contributed by atoms with Crippen LogP contribution in [0, 0.1) is 5.82 Å². The largest absolute Gasteiger partial charge is 0.394 e. The van der Waals surface area contributed by atoms with Gasteiger partial charge in [0.05, 0.1) is 12.9 Å². The monoisotopic (exact) mass is 409 g/mol. The number of fused-ring (bicyclic) bond motifs is 1.